The van der Waals surface area contributed by atoms with Crippen molar-refractivity contribution in [3.63, 3.8) is 0 Å². The normalized spacial score (nSPS) is 14.9. The van der Waals surface area contributed by atoms with Crippen molar-refractivity contribution in [3.8, 4) is 16.9 Å². The van der Waals surface area contributed by atoms with E-state index in [1.54, 1.807) is 37.3 Å². The Bertz CT molecular complexity index is 1830. The Morgan fingerprint density at radius 1 is 0.689 bits per heavy atom. The average molecular weight is 853 g/mol. The van der Waals surface area contributed by atoms with Crippen LogP contribution in [-0.2, 0) is 63.6 Å². The second kappa shape index (κ2) is 25.3. The van der Waals surface area contributed by atoms with E-state index in [1.165, 1.54) is 32.6 Å². The highest BCUT2D eigenvalue weighted by Gasteiger charge is 2.38. The number of carbonyl (C=O) groups excluding carboxylic acids is 6. The molecule has 14 heteroatoms. The highest BCUT2D eigenvalue weighted by molar-refractivity contribution is 5.87. The average Bonchev–Trinajstić information content (AvgIpc) is 3.23. The molecule has 13 nitrogen and oxygen atoms in total. The highest BCUT2D eigenvalue weighted by atomic mass is 19.1. The van der Waals surface area contributed by atoms with Crippen LogP contribution in [0, 0.1) is 17.2 Å². The van der Waals surface area contributed by atoms with Gasteiger partial charge in [0, 0.05) is 30.6 Å². The molecule has 2 aromatic rings. The summed E-state index contributed by atoms with van der Waals surface area (Å²) in [6.07, 6.45) is 10.00. The smallest absolute Gasteiger partial charge is 0.344 e. The van der Waals surface area contributed by atoms with Crippen LogP contribution in [0.5, 0.6) is 5.75 Å². The topological polar surface area (TPSA) is 167 Å². The summed E-state index contributed by atoms with van der Waals surface area (Å²) in [5.74, 6) is -3.71. The first-order valence-electron chi connectivity index (χ1n) is 20.8. The van der Waals surface area contributed by atoms with Crippen LogP contribution in [-0.4, -0.2) is 82.1 Å². The van der Waals surface area contributed by atoms with Gasteiger partial charge in [0.15, 0.2) is 13.2 Å². The van der Waals surface area contributed by atoms with E-state index < -0.39 is 74.3 Å². The van der Waals surface area contributed by atoms with Gasteiger partial charge in [-0.25, -0.2) is 23.6 Å². The largest absolute Gasteiger partial charge is 0.492 e. The molecule has 1 aliphatic rings. The number of aryl methyl sites for hydroxylation is 1. The molecule has 2 aromatic carbocycles. The van der Waals surface area contributed by atoms with Crippen LogP contribution in [0.2, 0.25) is 0 Å². The van der Waals surface area contributed by atoms with Crippen molar-refractivity contribution in [2.45, 2.75) is 105 Å². The zero-order valence-corrected chi connectivity index (χ0v) is 36.2. The molecule has 0 radical (unpaired) electrons. The first-order valence-corrected chi connectivity index (χ1v) is 20.8. The van der Waals surface area contributed by atoms with Crippen molar-refractivity contribution in [1.29, 1.82) is 0 Å². The predicted octanol–water partition coefficient (Wildman–Crippen LogP) is 8.10. The molecular weight excluding hydrogens is 792 g/mol. The number of carbonyl (C=O) groups is 6. The summed E-state index contributed by atoms with van der Waals surface area (Å²) in [6, 6.07) is 10.5. The van der Waals surface area contributed by atoms with Crippen LogP contribution in [0.1, 0.15) is 109 Å². The van der Waals surface area contributed by atoms with Crippen LogP contribution >= 0.6 is 0 Å². The van der Waals surface area contributed by atoms with Gasteiger partial charge in [0.1, 0.15) is 43.4 Å². The minimum atomic E-state index is -1.58. The minimum Gasteiger partial charge on any atom is -0.492 e. The van der Waals surface area contributed by atoms with E-state index in [0.29, 0.717) is 41.2 Å². The molecule has 334 valence electrons. The van der Waals surface area contributed by atoms with Crippen LogP contribution in [0.4, 0.5) is 4.39 Å². The Balaban J connectivity index is 1.95. The van der Waals surface area contributed by atoms with E-state index in [2.05, 4.69) is 20.1 Å². The maximum absolute atomic E-state index is 16.0. The van der Waals surface area contributed by atoms with Crippen LogP contribution in [0.3, 0.4) is 0 Å². The van der Waals surface area contributed by atoms with Crippen molar-refractivity contribution in [2.75, 3.05) is 46.2 Å². The maximum Gasteiger partial charge on any atom is 0.344 e. The molecule has 3 rings (SSSR count). The minimum absolute atomic E-state index is 0.0522. The van der Waals surface area contributed by atoms with E-state index >= 15 is 4.39 Å². The predicted molar refractivity (Wildman–Crippen MR) is 224 cm³/mol. The zero-order valence-electron chi connectivity index (χ0n) is 36.2. The molecule has 0 N–H and O–H groups in total. The van der Waals surface area contributed by atoms with E-state index in [9.17, 15) is 28.8 Å². The Kier molecular flexibility index (Phi) is 20.7. The van der Waals surface area contributed by atoms with Gasteiger partial charge in [-0.15, -0.1) is 0 Å². The summed E-state index contributed by atoms with van der Waals surface area (Å²) < 4.78 is 53.4. The molecule has 1 aliphatic carbocycles. The summed E-state index contributed by atoms with van der Waals surface area (Å²) in [4.78, 5) is 72.5. The highest BCUT2D eigenvalue weighted by Crippen LogP contribution is 2.39. The number of benzene rings is 2. The lowest BCUT2D eigenvalue weighted by Gasteiger charge is -2.32. The Morgan fingerprint density at radius 3 is 1.84 bits per heavy atom. The number of hydrogen-bond acceptors (Lipinski definition) is 13. The Morgan fingerprint density at radius 2 is 1.28 bits per heavy atom. The standard InChI is InChI=1S/C47H61FO13/c1-8-9-10-12-35-14-16-36(17-15-35)37-18-20-40(41(48)24-37)38-19-21-42(39(23-38)13-11-22-55-45(53)31(2)3)58-27-47(30-61-46(54)32(4)5,28-59-43(51)25-56-33(6)49)29-60-44(52)26-57-34(7)50/h18-21,23-24,35-36H,2,4,8-17,22,25-30H2,1,3,5-7H3. The molecule has 0 bridgehead atoms. The van der Waals surface area contributed by atoms with Gasteiger partial charge in [-0.2, -0.15) is 0 Å². The summed E-state index contributed by atoms with van der Waals surface area (Å²) >= 11 is 0. The monoisotopic (exact) mass is 852 g/mol. The van der Waals surface area contributed by atoms with Crippen molar-refractivity contribution in [3.05, 3.63) is 77.6 Å². The zero-order chi connectivity index (χ0) is 45.0. The molecule has 1 saturated carbocycles. The molecule has 0 spiro atoms. The van der Waals surface area contributed by atoms with Crippen LogP contribution in [0.25, 0.3) is 11.1 Å². The molecule has 0 atom stereocenters. The van der Waals surface area contributed by atoms with Crippen molar-refractivity contribution < 1.29 is 66.3 Å². The summed E-state index contributed by atoms with van der Waals surface area (Å²) in [6.45, 7) is 11.2. The van der Waals surface area contributed by atoms with Crippen LogP contribution in [0.15, 0.2) is 60.7 Å². The lowest BCUT2D eigenvalue weighted by molar-refractivity contribution is -0.171. The number of halogens is 1. The van der Waals surface area contributed by atoms with Gasteiger partial charge in [0.25, 0.3) is 0 Å². The van der Waals surface area contributed by atoms with Crippen LogP contribution < -0.4 is 4.74 Å². The second-order valence-electron chi connectivity index (χ2n) is 15.8. The molecule has 0 unspecified atom stereocenters. The molecular formula is C47H61FO13. The fourth-order valence-corrected chi connectivity index (χ4v) is 6.82. The molecule has 0 aromatic heterocycles. The lowest BCUT2D eigenvalue weighted by Crippen LogP contribution is -2.45. The van der Waals surface area contributed by atoms with E-state index in [1.807, 2.05) is 6.07 Å². The first-order chi connectivity index (χ1) is 29.0. The SMILES string of the molecule is C=C(C)C(=O)OCCCc1cc(-c2ccc(C3CCC(CCCCC)CC3)cc2F)ccc1OCC(COC(=O)COC(C)=O)(COC(=O)COC(C)=O)COC(=O)C(=C)C. The van der Waals surface area contributed by atoms with Crippen molar-refractivity contribution >= 4 is 35.8 Å². The van der Waals surface area contributed by atoms with Crippen molar-refractivity contribution in [1.82, 2.24) is 0 Å². The van der Waals surface area contributed by atoms with Gasteiger partial charge >= 0.3 is 35.8 Å². The van der Waals surface area contributed by atoms with E-state index in [4.69, 9.17) is 33.2 Å². The lowest BCUT2D eigenvalue weighted by atomic mass is 9.77. The molecule has 0 amide bonds. The number of rotatable bonds is 25. The van der Waals surface area contributed by atoms with Gasteiger partial charge < -0.3 is 33.2 Å². The van der Waals surface area contributed by atoms with Gasteiger partial charge in [0.2, 0.25) is 0 Å². The fraction of sp³-hybridized carbons (Fsp3) is 0.532. The van der Waals surface area contributed by atoms with Gasteiger partial charge in [0.05, 0.1) is 6.61 Å². The molecule has 1 fully saturated rings. The Labute approximate surface area is 358 Å². The van der Waals surface area contributed by atoms with E-state index in [0.717, 1.165) is 51.0 Å². The maximum atomic E-state index is 16.0. The summed E-state index contributed by atoms with van der Waals surface area (Å²) in [5.41, 5.74) is 1.27. The van der Waals surface area contributed by atoms with Crippen molar-refractivity contribution in [2.24, 2.45) is 11.3 Å². The summed E-state index contributed by atoms with van der Waals surface area (Å²) in [5, 5.41) is 0. The van der Waals surface area contributed by atoms with Gasteiger partial charge in [-0.3, -0.25) is 9.59 Å². The molecule has 0 heterocycles. The first kappa shape index (κ1) is 49.8. The third-order valence-corrected chi connectivity index (χ3v) is 10.3. The third kappa shape index (κ3) is 17.5. The number of hydrogen-bond donors (Lipinski definition) is 0. The second-order valence-corrected chi connectivity index (χ2v) is 15.8. The quantitative estimate of drug-likeness (QED) is 0.0407. The number of esters is 6. The Hall–Kier alpha value is -5.53. The fourth-order valence-electron chi connectivity index (χ4n) is 6.82. The molecule has 61 heavy (non-hydrogen) atoms. The number of ether oxygens (including phenoxy) is 7. The summed E-state index contributed by atoms with van der Waals surface area (Å²) in [7, 11) is 0. The number of unbranched alkanes of at least 4 members (excludes halogenated alkanes) is 2. The van der Waals surface area contributed by atoms with Gasteiger partial charge in [-0.1, -0.05) is 64.0 Å². The van der Waals surface area contributed by atoms with Gasteiger partial charge in [-0.05, 0) is 99.1 Å². The molecule has 0 saturated heterocycles. The van der Waals surface area contributed by atoms with E-state index in [-0.39, 0.29) is 30.2 Å². The molecule has 0 aliphatic heterocycles. The third-order valence-electron chi connectivity index (χ3n) is 10.3.